The fraction of sp³-hybridized carbons (Fsp3) is 0.333. The zero-order valence-corrected chi connectivity index (χ0v) is 11.5. The number of aromatic nitrogens is 1. The van der Waals surface area contributed by atoms with E-state index in [4.69, 9.17) is 5.11 Å². The number of aromatic carboxylic acids is 1. The van der Waals surface area contributed by atoms with Gasteiger partial charge in [-0.1, -0.05) is 0 Å². The summed E-state index contributed by atoms with van der Waals surface area (Å²) < 4.78 is 2.00. The minimum absolute atomic E-state index is 0.0597. The molecule has 4 nitrogen and oxygen atoms in total. The van der Waals surface area contributed by atoms with Gasteiger partial charge in [0.15, 0.2) is 5.78 Å². The smallest absolute Gasteiger partial charge is 0.335 e. The number of carboxylic acids is 1. The Balaban J connectivity index is 2.83. The van der Waals surface area contributed by atoms with E-state index < -0.39 is 5.97 Å². The molecule has 0 saturated heterocycles. The van der Waals surface area contributed by atoms with Gasteiger partial charge in [0.1, 0.15) is 0 Å². The molecule has 100 valence electrons. The maximum absolute atomic E-state index is 11.7. The number of hydrogen-bond donors (Lipinski definition) is 1. The van der Waals surface area contributed by atoms with E-state index in [0.29, 0.717) is 10.9 Å². The molecule has 19 heavy (non-hydrogen) atoms. The number of carbonyl (C=O) groups is 2. The Hall–Kier alpha value is -2.10. The number of benzene rings is 1. The lowest BCUT2D eigenvalue weighted by Gasteiger charge is -2.22. The zero-order valence-electron chi connectivity index (χ0n) is 11.5. The molecule has 0 unspecified atom stereocenters. The summed E-state index contributed by atoms with van der Waals surface area (Å²) in [5.74, 6) is -1.05. The van der Waals surface area contributed by atoms with E-state index in [1.807, 2.05) is 25.3 Å². The van der Waals surface area contributed by atoms with Crippen LogP contribution in [0.4, 0.5) is 0 Å². The molecule has 0 aliphatic heterocycles. The third kappa shape index (κ3) is 2.26. The molecule has 0 fully saturated rings. The van der Waals surface area contributed by atoms with Gasteiger partial charge in [-0.15, -0.1) is 0 Å². The minimum atomic E-state index is -0.986. The van der Waals surface area contributed by atoms with Crippen LogP contribution in [0.3, 0.4) is 0 Å². The van der Waals surface area contributed by atoms with Crippen LogP contribution in [0.1, 0.15) is 48.4 Å². The number of rotatable bonds is 2. The number of carboxylic acid groups (broad SMARTS) is 1. The molecule has 0 amide bonds. The summed E-state index contributed by atoms with van der Waals surface area (Å²) in [5, 5.41) is 9.75. The summed E-state index contributed by atoms with van der Waals surface area (Å²) in [6.07, 6.45) is 1.80. The lowest BCUT2D eigenvalue weighted by molar-refractivity contribution is 0.0696. The van der Waals surface area contributed by atoms with Crippen molar-refractivity contribution in [3.63, 3.8) is 0 Å². The van der Waals surface area contributed by atoms with Gasteiger partial charge in [-0.05, 0) is 45.9 Å². The molecule has 1 heterocycles. The molecule has 1 aromatic carbocycles. The van der Waals surface area contributed by atoms with Crippen molar-refractivity contribution in [2.75, 3.05) is 0 Å². The summed E-state index contributed by atoms with van der Waals surface area (Å²) >= 11 is 0. The van der Waals surface area contributed by atoms with Gasteiger partial charge in [-0.3, -0.25) is 4.79 Å². The monoisotopic (exact) mass is 259 g/mol. The van der Waals surface area contributed by atoms with Gasteiger partial charge in [0.25, 0.3) is 0 Å². The summed E-state index contributed by atoms with van der Waals surface area (Å²) in [6, 6.07) is 4.89. The van der Waals surface area contributed by atoms with E-state index in [2.05, 4.69) is 0 Å². The molecule has 0 aliphatic rings. The van der Waals surface area contributed by atoms with E-state index in [1.165, 1.54) is 6.92 Å². The van der Waals surface area contributed by atoms with Crippen LogP contribution in [0, 0.1) is 0 Å². The lowest BCUT2D eigenvalue weighted by atomic mass is 10.1. The predicted octanol–water partition coefficient (Wildman–Crippen LogP) is 3.30. The summed E-state index contributed by atoms with van der Waals surface area (Å²) in [7, 11) is 0. The van der Waals surface area contributed by atoms with E-state index >= 15 is 0 Å². The molecular weight excluding hydrogens is 242 g/mol. The maximum Gasteiger partial charge on any atom is 0.335 e. The third-order valence-electron chi connectivity index (χ3n) is 3.15. The first-order valence-electron chi connectivity index (χ1n) is 6.11. The van der Waals surface area contributed by atoms with Crippen molar-refractivity contribution in [1.29, 1.82) is 0 Å². The summed E-state index contributed by atoms with van der Waals surface area (Å²) in [5.41, 5.74) is 1.47. The molecule has 0 radical (unpaired) electrons. The second-order valence-electron chi connectivity index (χ2n) is 5.68. The van der Waals surface area contributed by atoms with E-state index in [0.717, 1.165) is 5.52 Å². The molecule has 4 heteroatoms. The molecule has 0 bridgehead atoms. The fourth-order valence-electron chi connectivity index (χ4n) is 2.20. The molecule has 0 atom stereocenters. The summed E-state index contributed by atoms with van der Waals surface area (Å²) in [6.45, 7) is 7.62. The molecule has 1 aromatic heterocycles. The van der Waals surface area contributed by atoms with Crippen molar-refractivity contribution in [2.45, 2.75) is 33.2 Å². The highest BCUT2D eigenvalue weighted by Gasteiger charge is 2.20. The number of Topliss-reactive ketones (excluding diaryl/α,β-unsaturated/α-hetero) is 1. The second kappa shape index (κ2) is 4.23. The number of nitrogens with zero attached hydrogens (tertiary/aromatic N) is 1. The quantitative estimate of drug-likeness (QED) is 0.842. The Morgan fingerprint density at radius 3 is 2.32 bits per heavy atom. The Labute approximate surface area is 111 Å². The van der Waals surface area contributed by atoms with Crippen molar-refractivity contribution in [3.8, 4) is 0 Å². The van der Waals surface area contributed by atoms with Crippen molar-refractivity contribution >= 4 is 22.7 Å². The number of fused-ring (bicyclic) bond motifs is 1. The van der Waals surface area contributed by atoms with Gasteiger partial charge < -0.3 is 9.67 Å². The number of carbonyl (C=O) groups excluding carboxylic acids is 1. The van der Waals surface area contributed by atoms with E-state index in [1.54, 1.807) is 24.4 Å². The third-order valence-corrected chi connectivity index (χ3v) is 3.15. The zero-order chi connectivity index (χ0) is 14.4. The van der Waals surface area contributed by atoms with Crippen molar-refractivity contribution in [3.05, 3.63) is 35.5 Å². The van der Waals surface area contributed by atoms with E-state index in [9.17, 15) is 9.59 Å². The Kier molecular flexibility index (Phi) is 2.97. The largest absolute Gasteiger partial charge is 0.478 e. The highest BCUT2D eigenvalue weighted by Crippen LogP contribution is 2.28. The molecule has 0 spiro atoms. The SMILES string of the molecule is CC(=O)c1cn(C(C)(C)C)c2ccc(C(=O)O)cc12. The van der Waals surface area contributed by atoms with Crippen LogP contribution in [0.15, 0.2) is 24.4 Å². The first-order chi connectivity index (χ1) is 8.71. The predicted molar refractivity (Wildman–Crippen MR) is 73.9 cm³/mol. The number of ketones is 1. The van der Waals surface area contributed by atoms with Crippen molar-refractivity contribution < 1.29 is 14.7 Å². The topological polar surface area (TPSA) is 59.3 Å². The summed E-state index contributed by atoms with van der Waals surface area (Å²) in [4.78, 5) is 22.8. The minimum Gasteiger partial charge on any atom is -0.478 e. The van der Waals surface area contributed by atoms with Gasteiger partial charge in [0.2, 0.25) is 0 Å². The Morgan fingerprint density at radius 1 is 1.21 bits per heavy atom. The lowest BCUT2D eigenvalue weighted by Crippen LogP contribution is -2.20. The van der Waals surface area contributed by atoms with Gasteiger partial charge >= 0.3 is 5.97 Å². The maximum atomic E-state index is 11.7. The number of hydrogen-bond acceptors (Lipinski definition) is 2. The Bertz CT molecular complexity index is 674. The van der Waals surface area contributed by atoms with Gasteiger partial charge in [-0.25, -0.2) is 4.79 Å². The molecule has 1 N–H and O–H groups in total. The highest BCUT2D eigenvalue weighted by atomic mass is 16.4. The van der Waals surface area contributed by atoms with Crippen LogP contribution >= 0.6 is 0 Å². The first kappa shape index (κ1) is 13.3. The second-order valence-corrected chi connectivity index (χ2v) is 5.68. The van der Waals surface area contributed by atoms with Crippen LogP contribution in [0.2, 0.25) is 0 Å². The molecule has 2 aromatic rings. The van der Waals surface area contributed by atoms with Gasteiger partial charge in [-0.2, -0.15) is 0 Å². The van der Waals surface area contributed by atoms with Crippen molar-refractivity contribution in [1.82, 2.24) is 4.57 Å². The molecule has 2 rings (SSSR count). The Morgan fingerprint density at radius 2 is 1.84 bits per heavy atom. The van der Waals surface area contributed by atoms with Crippen molar-refractivity contribution in [2.24, 2.45) is 0 Å². The highest BCUT2D eigenvalue weighted by molar-refractivity contribution is 6.08. The van der Waals surface area contributed by atoms with E-state index in [-0.39, 0.29) is 16.9 Å². The van der Waals surface area contributed by atoms with Crippen LogP contribution in [-0.2, 0) is 5.54 Å². The average molecular weight is 259 g/mol. The van der Waals surface area contributed by atoms with Crippen LogP contribution < -0.4 is 0 Å². The average Bonchev–Trinajstić information content (AvgIpc) is 2.66. The molecule has 0 aliphatic carbocycles. The molecule has 0 saturated carbocycles. The fourth-order valence-corrected chi connectivity index (χ4v) is 2.20. The standard InChI is InChI=1S/C15H17NO3/c1-9(17)12-8-16(15(2,3)4)13-6-5-10(14(18)19)7-11(12)13/h5-8H,1-4H3,(H,18,19). The van der Waals surface area contributed by atoms with Crippen LogP contribution in [-0.4, -0.2) is 21.4 Å². The first-order valence-corrected chi connectivity index (χ1v) is 6.11. The normalized spacial score (nSPS) is 11.8. The van der Waals surface area contributed by atoms with Gasteiger partial charge in [0, 0.05) is 28.2 Å². The van der Waals surface area contributed by atoms with Crippen LogP contribution in [0.25, 0.3) is 10.9 Å². The molecular formula is C15H17NO3. The van der Waals surface area contributed by atoms with Crippen LogP contribution in [0.5, 0.6) is 0 Å². The van der Waals surface area contributed by atoms with Gasteiger partial charge in [0.05, 0.1) is 5.56 Å².